The summed E-state index contributed by atoms with van der Waals surface area (Å²) < 4.78 is 5.90. The Bertz CT molecular complexity index is 901. The molecule has 5 aliphatic rings. The van der Waals surface area contributed by atoms with Crippen LogP contribution < -0.4 is 0 Å². The van der Waals surface area contributed by atoms with Crippen molar-refractivity contribution >= 4 is 11.8 Å². The van der Waals surface area contributed by atoms with Crippen LogP contribution in [0.4, 0.5) is 0 Å². The Balaban J connectivity index is 1.32. The molecular weight excluding hydrogens is 424 g/mol. The van der Waals surface area contributed by atoms with Gasteiger partial charge in [-0.2, -0.15) is 0 Å². The Morgan fingerprint density at radius 2 is 1.85 bits per heavy atom. The summed E-state index contributed by atoms with van der Waals surface area (Å²) in [6.45, 7) is 8.95. The van der Waals surface area contributed by atoms with Crippen molar-refractivity contribution in [3.05, 3.63) is 23.8 Å². The predicted octanol–water partition coefficient (Wildman–Crippen LogP) is 6.17. The van der Waals surface area contributed by atoms with Crippen molar-refractivity contribution in [3.63, 3.8) is 0 Å². The first kappa shape index (κ1) is 24.3. The molecule has 0 aliphatic heterocycles. The Morgan fingerprint density at radius 3 is 2.56 bits per heavy atom. The first-order valence-corrected chi connectivity index (χ1v) is 13.9. The Labute approximate surface area is 205 Å². The highest BCUT2D eigenvalue weighted by Crippen LogP contribution is 2.70. The number of hydrogen-bond acceptors (Lipinski definition) is 4. The van der Waals surface area contributed by atoms with Crippen LogP contribution in [0.15, 0.2) is 23.8 Å². The van der Waals surface area contributed by atoms with Crippen LogP contribution in [0.1, 0.15) is 98.3 Å². The van der Waals surface area contributed by atoms with Crippen LogP contribution in [-0.2, 0) is 14.3 Å². The summed E-state index contributed by atoms with van der Waals surface area (Å²) in [6, 6.07) is 0. The molecule has 4 fully saturated rings. The molecular formula is C30H44O4. The van der Waals surface area contributed by atoms with Gasteiger partial charge < -0.3 is 9.84 Å². The minimum Gasteiger partial charge on any atom is -0.462 e. The van der Waals surface area contributed by atoms with Gasteiger partial charge in [-0.25, -0.2) is 0 Å². The van der Waals surface area contributed by atoms with Gasteiger partial charge in [0.15, 0.2) is 5.78 Å². The third-order valence-electron chi connectivity index (χ3n) is 11.1. The number of ketones is 1. The van der Waals surface area contributed by atoms with Crippen molar-refractivity contribution in [2.24, 2.45) is 40.4 Å². The molecule has 5 aliphatic carbocycles. The maximum atomic E-state index is 12.4. The molecule has 0 saturated heterocycles. The van der Waals surface area contributed by atoms with Crippen molar-refractivity contribution in [1.82, 2.24) is 0 Å². The minimum atomic E-state index is -0.620. The SMILES string of the molecule is CC(C)CC(=O)OC1CCC2(C)C(CCC3C2CCC2(C)C(C4=CCC(=O)C=C4)CCC32O)C1. The van der Waals surface area contributed by atoms with Gasteiger partial charge >= 0.3 is 5.97 Å². The number of hydrogen-bond donors (Lipinski definition) is 1. The molecule has 4 heteroatoms. The van der Waals surface area contributed by atoms with Gasteiger partial charge in [-0.15, -0.1) is 0 Å². The summed E-state index contributed by atoms with van der Waals surface area (Å²) >= 11 is 0. The fourth-order valence-corrected chi connectivity index (χ4v) is 9.20. The summed E-state index contributed by atoms with van der Waals surface area (Å²) in [6.07, 6.45) is 16.4. The first-order chi connectivity index (χ1) is 16.1. The zero-order chi connectivity index (χ0) is 24.3. The van der Waals surface area contributed by atoms with Crippen LogP contribution in [0.3, 0.4) is 0 Å². The summed E-state index contributed by atoms with van der Waals surface area (Å²) in [4.78, 5) is 24.0. The summed E-state index contributed by atoms with van der Waals surface area (Å²) in [5.74, 6) is 2.32. The second-order valence-corrected chi connectivity index (χ2v) is 13.2. The van der Waals surface area contributed by atoms with Crippen LogP contribution >= 0.6 is 0 Å². The van der Waals surface area contributed by atoms with Crippen LogP contribution in [0, 0.1) is 40.4 Å². The molecule has 8 atom stereocenters. The Hall–Kier alpha value is -1.42. The molecule has 4 saturated carbocycles. The second-order valence-electron chi connectivity index (χ2n) is 13.2. The lowest BCUT2D eigenvalue weighted by molar-refractivity contribution is -0.209. The van der Waals surface area contributed by atoms with Crippen LogP contribution in [0.5, 0.6) is 0 Å². The van der Waals surface area contributed by atoms with E-state index in [1.165, 1.54) is 12.0 Å². The maximum absolute atomic E-state index is 12.4. The number of aliphatic hydroxyl groups is 1. The van der Waals surface area contributed by atoms with Gasteiger partial charge in [0, 0.05) is 18.3 Å². The molecule has 0 aromatic carbocycles. The van der Waals surface area contributed by atoms with Crippen LogP contribution in [0.25, 0.3) is 0 Å². The molecule has 4 nitrogen and oxygen atoms in total. The number of rotatable bonds is 4. The quantitative estimate of drug-likeness (QED) is 0.501. The van der Waals surface area contributed by atoms with Crippen molar-refractivity contribution < 1.29 is 19.4 Å². The zero-order valence-electron chi connectivity index (χ0n) is 21.6. The Morgan fingerprint density at radius 1 is 1.06 bits per heavy atom. The van der Waals surface area contributed by atoms with E-state index in [4.69, 9.17) is 4.74 Å². The number of carbonyl (C=O) groups excluding carboxylic acids is 2. The van der Waals surface area contributed by atoms with E-state index < -0.39 is 5.60 Å². The second kappa shape index (κ2) is 8.61. The topological polar surface area (TPSA) is 63.6 Å². The van der Waals surface area contributed by atoms with Crippen molar-refractivity contribution in [2.75, 3.05) is 0 Å². The fourth-order valence-electron chi connectivity index (χ4n) is 9.20. The van der Waals surface area contributed by atoms with E-state index in [0.29, 0.717) is 42.4 Å². The molecule has 188 valence electrons. The summed E-state index contributed by atoms with van der Waals surface area (Å²) in [5.41, 5.74) is 0.776. The van der Waals surface area contributed by atoms with Gasteiger partial charge in [0.1, 0.15) is 6.10 Å². The van der Waals surface area contributed by atoms with Crippen LogP contribution in [-0.4, -0.2) is 28.6 Å². The van der Waals surface area contributed by atoms with E-state index in [-0.39, 0.29) is 28.7 Å². The molecule has 0 amide bonds. The maximum Gasteiger partial charge on any atom is 0.306 e. The molecule has 0 aromatic rings. The third-order valence-corrected chi connectivity index (χ3v) is 11.1. The highest BCUT2D eigenvalue weighted by molar-refractivity contribution is 5.92. The highest BCUT2D eigenvalue weighted by atomic mass is 16.5. The van der Waals surface area contributed by atoms with Crippen molar-refractivity contribution in [1.29, 1.82) is 0 Å². The Kier molecular flexibility index (Phi) is 6.15. The van der Waals surface area contributed by atoms with Gasteiger partial charge in [0.2, 0.25) is 0 Å². The number of esters is 1. The number of carbonyl (C=O) groups is 2. The number of fused-ring (bicyclic) bond motifs is 5. The van der Waals surface area contributed by atoms with E-state index in [9.17, 15) is 14.7 Å². The predicted molar refractivity (Wildman–Crippen MR) is 133 cm³/mol. The van der Waals surface area contributed by atoms with E-state index in [1.54, 1.807) is 6.08 Å². The lowest BCUT2D eigenvalue weighted by atomic mass is 9.43. The molecule has 0 radical (unpaired) electrons. The zero-order valence-corrected chi connectivity index (χ0v) is 21.6. The van der Waals surface area contributed by atoms with Gasteiger partial charge in [0.25, 0.3) is 0 Å². The molecule has 34 heavy (non-hydrogen) atoms. The largest absolute Gasteiger partial charge is 0.462 e. The fraction of sp³-hybridized carbons (Fsp3) is 0.800. The molecule has 0 bridgehead atoms. The molecule has 0 heterocycles. The molecule has 5 rings (SSSR count). The lowest BCUT2D eigenvalue weighted by Gasteiger charge is -2.63. The normalized spacial score (nSPS) is 45.9. The third kappa shape index (κ3) is 3.74. The standard InChI is InChI=1S/C30H44O4/c1-19(2)17-27(32)34-23-11-14-28(3)21(18-23)7-10-26-25(28)12-15-29(4)24(13-16-30(26,29)33)20-5-8-22(31)9-6-20/h5-6,8,19,21,23-26,33H,7,9-18H2,1-4H3. The number of ether oxygens (including phenoxy) is 1. The summed E-state index contributed by atoms with van der Waals surface area (Å²) in [5, 5.41) is 12.4. The summed E-state index contributed by atoms with van der Waals surface area (Å²) in [7, 11) is 0. The van der Waals surface area contributed by atoms with E-state index in [1.807, 2.05) is 6.08 Å². The molecule has 0 aromatic heterocycles. The average Bonchev–Trinajstić information content (AvgIpc) is 3.05. The lowest BCUT2D eigenvalue weighted by Crippen LogP contribution is -2.62. The van der Waals surface area contributed by atoms with Crippen molar-refractivity contribution in [2.45, 2.75) is 110 Å². The number of allylic oxidation sites excluding steroid dienone is 4. The molecule has 1 N–H and O–H groups in total. The highest BCUT2D eigenvalue weighted by Gasteiger charge is 2.67. The van der Waals surface area contributed by atoms with Crippen LogP contribution in [0.2, 0.25) is 0 Å². The van der Waals surface area contributed by atoms with Gasteiger partial charge in [0.05, 0.1) is 5.60 Å². The van der Waals surface area contributed by atoms with Gasteiger partial charge in [-0.1, -0.05) is 39.8 Å². The van der Waals surface area contributed by atoms with Gasteiger partial charge in [-0.3, -0.25) is 9.59 Å². The molecule has 8 unspecified atom stereocenters. The van der Waals surface area contributed by atoms with Crippen molar-refractivity contribution in [3.8, 4) is 0 Å². The minimum absolute atomic E-state index is 0.0372. The van der Waals surface area contributed by atoms with Gasteiger partial charge in [-0.05, 0) is 104 Å². The van der Waals surface area contributed by atoms with E-state index in [0.717, 1.165) is 51.4 Å². The van der Waals surface area contributed by atoms with E-state index >= 15 is 0 Å². The smallest absolute Gasteiger partial charge is 0.306 e. The molecule has 0 spiro atoms. The van der Waals surface area contributed by atoms with E-state index in [2.05, 4.69) is 33.8 Å². The monoisotopic (exact) mass is 468 g/mol. The first-order valence-electron chi connectivity index (χ1n) is 13.9. The average molecular weight is 469 g/mol.